The van der Waals surface area contributed by atoms with Crippen LogP contribution in [-0.4, -0.2) is 18.2 Å². The molecule has 4 nitrogen and oxygen atoms in total. The Balaban J connectivity index is 1.55. The Hall–Kier alpha value is -2.74. The lowest BCUT2D eigenvalue weighted by Gasteiger charge is -2.09. The highest BCUT2D eigenvalue weighted by molar-refractivity contribution is 7.14. The lowest BCUT2D eigenvalue weighted by Crippen LogP contribution is -2.05. The van der Waals surface area contributed by atoms with E-state index in [-0.39, 0.29) is 0 Å². The number of nitrogens with zero attached hydrogens (tertiary/aromatic N) is 1. The number of aromatic nitrogens is 1. The van der Waals surface area contributed by atoms with Crippen molar-refractivity contribution < 1.29 is 22.6 Å². The van der Waals surface area contributed by atoms with E-state index >= 15 is 0 Å². The zero-order valence-electron chi connectivity index (χ0n) is 14.0. The van der Waals surface area contributed by atoms with E-state index in [2.05, 4.69) is 10.3 Å². The topological polar surface area (TPSA) is 43.4 Å². The van der Waals surface area contributed by atoms with Crippen LogP contribution in [0.4, 0.5) is 24.0 Å². The van der Waals surface area contributed by atoms with E-state index in [9.17, 15) is 13.2 Å². The van der Waals surface area contributed by atoms with Crippen molar-refractivity contribution in [1.82, 2.24) is 4.98 Å². The number of hydrogen-bond donors (Lipinski definition) is 1. The minimum atomic E-state index is -4.38. The number of hydrogen-bond acceptors (Lipinski definition) is 5. The zero-order chi connectivity index (χ0) is 18.9. The van der Waals surface area contributed by atoms with Crippen LogP contribution in [0.5, 0.6) is 11.5 Å². The van der Waals surface area contributed by atoms with Crippen LogP contribution in [0.3, 0.4) is 0 Å². The quantitative estimate of drug-likeness (QED) is 0.618. The first-order valence-electron chi connectivity index (χ1n) is 8.29. The first-order valence-corrected chi connectivity index (χ1v) is 9.17. The van der Waals surface area contributed by atoms with E-state index in [1.54, 1.807) is 6.07 Å². The molecule has 1 aliphatic rings. The zero-order valence-corrected chi connectivity index (χ0v) is 14.9. The smallest absolute Gasteiger partial charge is 0.416 e. The molecule has 2 heterocycles. The molecule has 4 rings (SSSR count). The summed E-state index contributed by atoms with van der Waals surface area (Å²) < 4.78 is 49.8. The summed E-state index contributed by atoms with van der Waals surface area (Å²) in [6.45, 7) is 1.21. The molecule has 0 unspecified atom stereocenters. The van der Waals surface area contributed by atoms with Crippen LogP contribution in [0.1, 0.15) is 12.0 Å². The number of nitrogens with one attached hydrogen (secondary N) is 1. The van der Waals surface area contributed by atoms with Gasteiger partial charge in [0.2, 0.25) is 0 Å². The van der Waals surface area contributed by atoms with Crippen LogP contribution in [0.15, 0.2) is 47.8 Å². The molecule has 0 radical (unpaired) electrons. The Labute approximate surface area is 157 Å². The van der Waals surface area contributed by atoms with Crippen LogP contribution in [0, 0.1) is 0 Å². The van der Waals surface area contributed by atoms with Gasteiger partial charge in [-0.25, -0.2) is 4.98 Å². The van der Waals surface area contributed by atoms with Gasteiger partial charge in [0.1, 0.15) is 0 Å². The average Bonchev–Trinajstić information content (AvgIpc) is 2.97. The maximum absolute atomic E-state index is 12.8. The molecule has 3 aromatic rings. The second-order valence-corrected chi connectivity index (χ2v) is 6.81. The molecule has 0 bridgehead atoms. The average molecular weight is 392 g/mol. The Kier molecular flexibility index (Phi) is 4.65. The third-order valence-electron chi connectivity index (χ3n) is 3.99. The van der Waals surface area contributed by atoms with E-state index in [4.69, 9.17) is 9.47 Å². The second-order valence-electron chi connectivity index (χ2n) is 5.95. The van der Waals surface area contributed by atoms with Gasteiger partial charge in [0.15, 0.2) is 16.6 Å². The molecule has 0 saturated carbocycles. The van der Waals surface area contributed by atoms with Crippen LogP contribution < -0.4 is 14.8 Å². The van der Waals surface area contributed by atoms with Gasteiger partial charge in [-0.1, -0.05) is 6.07 Å². The molecular weight excluding hydrogens is 377 g/mol. The minimum absolute atomic E-state index is 0.337. The third kappa shape index (κ3) is 4.00. The summed E-state index contributed by atoms with van der Waals surface area (Å²) in [5, 5.41) is 5.28. The number of benzene rings is 2. The Morgan fingerprint density at radius 3 is 2.63 bits per heavy atom. The van der Waals surface area contributed by atoms with Crippen molar-refractivity contribution >= 4 is 22.2 Å². The molecule has 1 aromatic heterocycles. The molecule has 0 amide bonds. The number of ether oxygens (including phenoxy) is 2. The van der Waals surface area contributed by atoms with E-state index in [1.807, 2.05) is 23.6 Å². The van der Waals surface area contributed by atoms with Gasteiger partial charge in [0.25, 0.3) is 0 Å². The van der Waals surface area contributed by atoms with Crippen LogP contribution >= 0.6 is 11.3 Å². The monoisotopic (exact) mass is 392 g/mol. The molecule has 1 N–H and O–H groups in total. The van der Waals surface area contributed by atoms with Crippen LogP contribution in [-0.2, 0) is 6.18 Å². The summed E-state index contributed by atoms with van der Waals surface area (Å²) in [5.41, 5.74) is 1.20. The molecule has 0 fully saturated rings. The van der Waals surface area contributed by atoms with Gasteiger partial charge in [0, 0.05) is 23.1 Å². The summed E-state index contributed by atoms with van der Waals surface area (Å²) in [6.07, 6.45) is -3.55. The number of alkyl halides is 3. The predicted molar refractivity (Wildman–Crippen MR) is 97.9 cm³/mol. The Morgan fingerprint density at radius 2 is 1.81 bits per heavy atom. The molecule has 0 atom stereocenters. The summed E-state index contributed by atoms with van der Waals surface area (Å²) in [6, 6.07) is 10.6. The summed E-state index contributed by atoms with van der Waals surface area (Å²) >= 11 is 1.32. The number of thiazole rings is 1. The van der Waals surface area contributed by atoms with Crippen molar-refractivity contribution in [2.24, 2.45) is 0 Å². The van der Waals surface area contributed by atoms with E-state index in [1.165, 1.54) is 17.4 Å². The van der Waals surface area contributed by atoms with Crippen molar-refractivity contribution in [3.63, 3.8) is 0 Å². The lowest BCUT2D eigenvalue weighted by molar-refractivity contribution is -0.137. The molecule has 1 aliphatic heterocycles. The molecule has 0 saturated heterocycles. The van der Waals surface area contributed by atoms with Crippen molar-refractivity contribution in [3.8, 4) is 22.8 Å². The van der Waals surface area contributed by atoms with Crippen molar-refractivity contribution in [3.05, 3.63) is 53.4 Å². The molecule has 140 valence electrons. The summed E-state index contributed by atoms with van der Waals surface area (Å²) in [4.78, 5) is 4.47. The van der Waals surface area contributed by atoms with E-state index in [0.29, 0.717) is 41.2 Å². The third-order valence-corrected chi connectivity index (χ3v) is 4.75. The molecule has 0 aliphatic carbocycles. The molecule has 2 aromatic carbocycles. The van der Waals surface area contributed by atoms with E-state index in [0.717, 1.165) is 24.1 Å². The largest absolute Gasteiger partial charge is 0.490 e. The lowest BCUT2D eigenvalue weighted by atomic mass is 10.1. The van der Waals surface area contributed by atoms with Crippen LogP contribution in [0.2, 0.25) is 0 Å². The van der Waals surface area contributed by atoms with Gasteiger partial charge in [-0.05, 0) is 36.4 Å². The fourth-order valence-corrected chi connectivity index (χ4v) is 3.42. The first-order chi connectivity index (χ1) is 13.0. The number of rotatable bonds is 3. The standard InChI is InChI=1S/C19H15F3N2O2S/c20-19(21,22)13-3-1-4-14(10-13)23-18-24-15(11-27-18)12-5-6-16-17(9-12)26-8-2-7-25-16/h1,3-6,9-11H,2,7-8H2,(H,23,24). The van der Waals surface area contributed by atoms with Crippen molar-refractivity contribution in [2.75, 3.05) is 18.5 Å². The predicted octanol–water partition coefficient (Wildman–Crippen LogP) is 5.73. The van der Waals surface area contributed by atoms with Crippen molar-refractivity contribution in [1.29, 1.82) is 0 Å². The SMILES string of the molecule is FC(F)(F)c1cccc(Nc2nc(-c3ccc4c(c3)OCCCO4)cs2)c1. The van der Waals surface area contributed by atoms with Gasteiger partial charge >= 0.3 is 6.18 Å². The molecule has 8 heteroatoms. The number of anilines is 2. The second kappa shape index (κ2) is 7.11. The first kappa shape index (κ1) is 17.7. The Morgan fingerprint density at radius 1 is 1.00 bits per heavy atom. The normalized spacial score (nSPS) is 13.9. The van der Waals surface area contributed by atoms with Crippen LogP contribution in [0.25, 0.3) is 11.3 Å². The fourth-order valence-electron chi connectivity index (χ4n) is 2.68. The molecule has 27 heavy (non-hydrogen) atoms. The summed E-state index contributed by atoms with van der Waals surface area (Å²) in [5.74, 6) is 1.37. The Bertz CT molecular complexity index is 956. The van der Waals surface area contributed by atoms with Gasteiger partial charge in [-0.3, -0.25) is 0 Å². The van der Waals surface area contributed by atoms with Gasteiger partial charge < -0.3 is 14.8 Å². The minimum Gasteiger partial charge on any atom is -0.490 e. The highest BCUT2D eigenvalue weighted by Gasteiger charge is 2.30. The summed E-state index contributed by atoms with van der Waals surface area (Å²) in [7, 11) is 0. The fraction of sp³-hybridized carbons (Fsp3) is 0.211. The van der Waals surface area contributed by atoms with Gasteiger partial charge in [0.05, 0.1) is 24.5 Å². The van der Waals surface area contributed by atoms with Gasteiger partial charge in [-0.15, -0.1) is 11.3 Å². The highest BCUT2D eigenvalue weighted by atomic mass is 32.1. The maximum atomic E-state index is 12.8. The van der Waals surface area contributed by atoms with E-state index < -0.39 is 11.7 Å². The van der Waals surface area contributed by atoms with Crippen molar-refractivity contribution in [2.45, 2.75) is 12.6 Å². The highest BCUT2D eigenvalue weighted by Crippen LogP contribution is 2.36. The molecular formula is C19H15F3N2O2S. The maximum Gasteiger partial charge on any atom is 0.416 e. The number of fused-ring (bicyclic) bond motifs is 1. The molecule has 0 spiro atoms. The number of halogens is 3. The van der Waals surface area contributed by atoms with Gasteiger partial charge in [-0.2, -0.15) is 13.2 Å².